The first-order chi connectivity index (χ1) is 12.1. The fourth-order valence-electron chi connectivity index (χ4n) is 2.40. The van der Waals surface area contributed by atoms with Crippen molar-refractivity contribution in [3.8, 4) is 16.9 Å². The number of halogens is 4. The van der Waals surface area contributed by atoms with Crippen LogP contribution in [-0.4, -0.2) is 18.2 Å². The van der Waals surface area contributed by atoms with Crippen LogP contribution < -0.4 is 5.14 Å². The highest BCUT2D eigenvalue weighted by molar-refractivity contribution is 9.10. The first kappa shape index (κ1) is 18.6. The van der Waals surface area contributed by atoms with Crippen LogP contribution >= 0.6 is 15.9 Å². The zero-order valence-corrected chi connectivity index (χ0v) is 15.3. The predicted octanol–water partition coefficient (Wildman–Crippen LogP) is 3.97. The van der Waals surface area contributed by atoms with Crippen LogP contribution in [0.3, 0.4) is 0 Å². The Morgan fingerprint density at radius 1 is 1.04 bits per heavy atom. The van der Waals surface area contributed by atoms with Crippen LogP contribution in [0.1, 0.15) is 5.69 Å². The van der Waals surface area contributed by atoms with Crippen LogP contribution in [0.5, 0.6) is 0 Å². The molecule has 0 fully saturated rings. The van der Waals surface area contributed by atoms with Crippen molar-refractivity contribution in [3.05, 3.63) is 64.8 Å². The van der Waals surface area contributed by atoms with E-state index in [1.165, 1.54) is 24.3 Å². The van der Waals surface area contributed by atoms with Gasteiger partial charge >= 0.3 is 6.18 Å². The van der Waals surface area contributed by atoms with E-state index < -0.39 is 21.9 Å². The van der Waals surface area contributed by atoms with E-state index in [1.807, 2.05) is 0 Å². The summed E-state index contributed by atoms with van der Waals surface area (Å²) in [7, 11) is -4.16. The van der Waals surface area contributed by atoms with Gasteiger partial charge in [-0.25, -0.2) is 18.2 Å². The van der Waals surface area contributed by atoms with Gasteiger partial charge in [-0.15, -0.1) is 0 Å². The molecule has 10 heteroatoms. The Morgan fingerprint density at radius 3 is 2.23 bits per heavy atom. The predicted molar refractivity (Wildman–Crippen MR) is 93.1 cm³/mol. The number of nitrogens with zero attached hydrogens (tertiary/aromatic N) is 2. The minimum atomic E-state index is -4.69. The summed E-state index contributed by atoms with van der Waals surface area (Å²) in [5.41, 5.74) is -0.690. The molecular formula is C16H11BrF3N3O2S. The molecule has 5 nitrogen and oxygen atoms in total. The fourth-order valence-corrected chi connectivity index (χ4v) is 3.38. The van der Waals surface area contributed by atoms with Crippen LogP contribution in [0.25, 0.3) is 16.9 Å². The molecule has 0 radical (unpaired) electrons. The zero-order valence-electron chi connectivity index (χ0n) is 12.9. The maximum Gasteiger partial charge on any atom is 0.435 e. The van der Waals surface area contributed by atoms with Crippen LogP contribution in [-0.2, 0) is 16.2 Å². The molecule has 0 saturated heterocycles. The van der Waals surface area contributed by atoms with Gasteiger partial charge in [-0.05, 0) is 30.3 Å². The Morgan fingerprint density at radius 2 is 1.65 bits per heavy atom. The highest BCUT2D eigenvalue weighted by atomic mass is 79.9. The molecule has 0 aliphatic carbocycles. The van der Waals surface area contributed by atoms with Gasteiger partial charge in [0.1, 0.15) is 4.90 Å². The fraction of sp³-hybridized carbons (Fsp3) is 0.0625. The van der Waals surface area contributed by atoms with Gasteiger partial charge in [0, 0.05) is 10.0 Å². The van der Waals surface area contributed by atoms with Gasteiger partial charge < -0.3 is 0 Å². The number of alkyl halides is 3. The monoisotopic (exact) mass is 445 g/mol. The summed E-state index contributed by atoms with van der Waals surface area (Å²) in [5.74, 6) is 0. The summed E-state index contributed by atoms with van der Waals surface area (Å²) in [4.78, 5) is -0.324. The number of aromatic nitrogens is 2. The summed E-state index contributed by atoms with van der Waals surface area (Å²) in [5, 5.41) is 8.78. The molecule has 26 heavy (non-hydrogen) atoms. The van der Waals surface area contributed by atoms with Crippen LogP contribution in [0.2, 0.25) is 0 Å². The first-order valence-corrected chi connectivity index (χ1v) is 9.47. The summed E-state index contributed by atoms with van der Waals surface area (Å²) in [6.45, 7) is 0. The molecule has 136 valence electrons. The Balaban J connectivity index is 2.31. The van der Waals surface area contributed by atoms with E-state index >= 15 is 0 Å². The molecule has 1 heterocycles. The van der Waals surface area contributed by atoms with Gasteiger partial charge in [-0.3, -0.25) is 0 Å². The van der Waals surface area contributed by atoms with E-state index in [0.29, 0.717) is 5.56 Å². The van der Waals surface area contributed by atoms with E-state index in [-0.39, 0.29) is 16.3 Å². The standard InChI is InChI=1S/C16H11BrF3N3O2S/c17-11-7-5-10(6-8-11)13-9-15(16(18,19)20)22-23(13)12-3-1-2-4-14(12)26(21,24)25/h1-9H,(H2,21,24,25). The molecular weight excluding hydrogens is 435 g/mol. The van der Waals surface area contributed by atoms with Crippen molar-refractivity contribution in [1.29, 1.82) is 0 Å². The molecule has 2 aromatic carbocycles. The second-order valence-corrected chi connectivity index (χ2v) is 7.79. The smallest absolute Gasteiger partial charge is 0.231 e. The molecule has 0 bridgehead atoms. The summed E-state index contributed by atoms with van der Waals surface area (Å²) in [6.07, 6.45) is -4.69. The number of primary sulfonamides is 1. The van der Waals surface area contributed by atoms with Crippen molar-refractivity contribution < 1.29 is 21.6 Å². The van der Waals surface area contributed by atoms with Gasteiger partial charge in [0.2, 0.25) is 10.0 Å². The Hall–Kier alpha value is -2.17. The molecule has 0 saturated carbocycles. The molecule has 0 aliphatic heterocycles. The van der Waals surface area contributed by atoms with E-state index in [2.05, 4.69) is 21.0 Å². The minimum Gasteiger partial charge on any atom is -0.231 e. The Labute approximate surface area is 155 Å². The van der Waals surface area contributed by atoms with Crippen molar-refractivity contribution in [1.82, 2.24) is 9.78 Å². The van der Waals surface area contributed by atoms with Crippen molar-refractivity contribution in [2.75, 3.05) is 0 Å². The average Bonchev–Trinajstić information content (AvgIpc) is 3.00. The highest BCUT2D eigenvalue weighted by Gasteiger charge is 2.35. The third kappa shape index (κ3) is 3.67. The van der Waals surface area contributed by atoms with Crippen LogP contribution in [0.15, 0.2) is 64.0 Å². The molecule has 0 amide bonds. The third-order valence-electron chi connectivity index (χ3n) is 3.54. The maximum absolute atomic E-state index is 13.2. The minimum absolute atomic E-state index is 0.0663. The van der Waals surface area contributed by atoms with E-state index in [9.17, 15) is 21.6 Å². The molecule has 1 aromatic heterocycles. The Bertz CT molecular complexity index is 1060. The van der Waals surface area contributed by atoms with Crippen molar-refractivity contribution >= 4 is 26.0 Å². The quantitative estimate of drug-likeness (QED) is 0.662. The lowest BCUT2D eigenvalue weighted by molar-refractivity contribution is -0.141. The molecule has 3 rings (SSSR count). The SMILES string of the molecule is NS(=O)(=O)c1ccccc1-n1nc(C(F)(F)F)cc1-c1ccc(Br)cc1. The number of benzene rings is 2. The number of nitrogens with two attached hydrogens (primary N) is 1. The van der Waals surface area contributed by atoms with E-state index in [1.54, 1.807) is 24.3 Å². The lowest BCUT2D eigenvalue weighted by atomic mass is 10.1. The van der Waals surface area contributed by atoms with Crippen LogP contribution in [0, 0.1) is 0 Å². The van der Waals surface area contributed by atoms with Gasteiger partial charge in [-0.1, -0.05) is 40.2 Å². The average molecular weight is 446 g/mol. The normalized spacial score (nSPS) is 12.3. The third-order valence-corrected chi connectivity index (χ3v) is 5.03. The van der Waals surface area contributed by atoms with Gasteiger partial charge in [0.15, 0.2) is 5.69 Å². The largest absolute Gasteiger partial charge is 0.435 e. The second-order valence-electron chi connectivity index (χ2n) is 5.34. The maximum atomic E-state index is 13.2. The number of para-hydroxylation sites is 1. The highest BCUT2D eigenvalue weighted by Crippen LogP contribution is 2.34. The number of rotatable bonds is 3. The lowest BCUT2D eigenvalue weighted by Crippen LogP contribution is -2.16. The van der Waals surface area contributed by atoms with E-state index in [0.717, 1.165) is 15.2 Å². The van der Waals surface area contributed by atoms with E-state index in [4.69, 9.17) is 5.14 Å². The van der Waals surface area contributed by atoms with Crippen molar-refractivity contribution in [3.63, 3.8) is 0 Å². The summed E-state index contributed by atoms with van der Waals surface area (Å²) < 4.78 is 64.9. The zero-order chi connectivity index (χ0) is 19.1. The number of hydrogen-bond acceptors (Lipinski definition) is 3. The van der Waals surface area contributed by atoms with Crippen LogP contribution in [0.4, 0.5) is 13.2 Å². The molecule has 0 unspecified atom stereocenters. The number of hydrogen-bond donors (Lipinski definition) is 1. The summed E-state index contributed by atoms with van der Waals surface area (Å²) >= 11 is 3.26. The van der Waals surface area contributed by atoms with Gasteiger partial charge in [-0.2, -0.15) is 18.3 Å². The molecule has 2 N–H and O–H groups in total. The number of sulfonamides is 1. The molecule has 0 aliphatic rings. The topological polar surface area (TPSA) is 78.0 Å². The second kappa shape index (κ2) is 6.53. The van der Waals surface area contributed by atoms with Crippen molar-refractivity contribution in [2.45, 2.75) is 11.1 Å². The molecule has 0 atom stereocenters. The lowest BCUT2D eigenvalue weighted by Gasteiger charge is -2.11. The van der Waals surface area contributed by atoms with Gasteiger partial charge in [0.25, 0.3) is 0 Å². The Kier molecular flexibility index (Phi) is 4.67. The summed E-state index contributed by atoms with van der Waals surface area (Å²) in [6, 6.07) is 12.8. The first-order valence-electron chi connectivity index (χ1n) is 7.13. The van der Waals surface area contributed by atoms with Gasteiger partial charge in [0.05, 0.1) is 11.4 Å². The van der Waals surface area contributed by atoms with Crippen molar-refractivity contribution in [2.24, 2.45) is 5.14 Å². The molecule has 3 aromatic rings. The molecule has 0 spiro atoms.